The highest BCUT2D eigenvalue weighted by Gasteiger charge is 2.28. The average Bonchev–Trinajstić information content (AvgIpc) is 2.85. The van der Waals surface area contributed by atoms with Gasteiger partial charge in [-0.25, -0.2) is 18.0 Å². The monoisotopic (exact) mass is 512 g/mol. The van der Waals surface area contributed by atoms with Crippen LogP contribution in [0.5, 0.6) is 23.0 Å². The van der Waals surface area contributed by atoms with Crippen molar-refractivity contribution in [1.82, 2.24) is 9.21 Å². The van der Waals surface area contributed by atoms with Crippen LogP contribution in [-0.2, 0) is 26.2 Å². The molecule has 0 aromatic heterocycles. The molecular formula is C22H28N2O10S. The lowest BCUT2D eigenvalue weighted by Crippen LogP contribution is -2.48. The number of benzene rings is 2. The fourth-order valence-electron chi connectivity index (χ4n) is 3.32. The predicted octanol–water partition coefficient (Wildman–Crippen LogP) is 1.08. The number of carbonyl (C=O) groups is 2. The third-order valence-electron chi connectivity index (χ3n) is 5.16. The molecule has 2 aromatic rings. The summed E-state index contributed by atoms with van der Waals surface area (Å²) in [6.45, 7) is 2.60. The van der Waals surface area contributed by atoms with Crippen LogP contribution in [-0.4, -0.2) is 92.4 Å². The van der Waals surface area contributed by atoms with Crippen LogP contribution >= 0.6 is 0 Å². The molecule has 2 aromatic carbocycles. The van der Waals surface area contributed by atoms with E-state index in [0.717, 1.165) is 5.56 Å². The number of hydrogen-bond donors (Lipinski definition) is 3. The fraction of sp³-hybridized carbons (Fsp3) is 0.364. The van der Waals surface area contributed by atoms with E-state index < -0.39 is 22.0 Å². The Morgan fingerprint density at radius 3 is 1.74 bits per heavy atom. The van der Waals surface area contributed by atoms with Crippen molar-refractivity contribution in [3.8, 4) is 23.0 Å². The second kappa shape index (κ2) is 12.2. The Kier molecular flexibility index (Phi) is 9.68. The third kappa shape index (κ3) is 7.21. The van der Waals surface area contributed by atoms with Gasteiger partial charge in [0.05, 0.1) is 26.2 Å². The quantitative estimate of drug-likeness (QED) is 0.455. The lowest BCUT2D eigenvalue weighted by molar-refractivity contribution is -0.159. The van der Waals surface area contributed by atoms with Gasteiger partial charge >= 0.3 is 11.9 Å². The van der Waals surface area contributed by atoms with Crippen molar-refractivity contribution in [3.63, 3.8) is 0 Å². The van der Waals surface area contributed by atoms with Crippen molar-refractivity contribution in [2.24, 2.45) is 0 Å². The molecule has 35 heavy (non-hydrogen) atoms. The van der Waals surface area contributed by atoms with E-state index in [4.69, 9.17) is 34.0 Å². The van der Waals surface area contributed by atoms with Gasteiger partial charge in [0.25, 0.3) is 0 Å². The number of rotatable bonds is 7. The summed E-state index contributed by atoms with van der Waals surface area (Å²) < 4.78 is 42.7. The summed E-state index contributed by atoms with van der Waals surface area (Å²) in [7, 11) is 0.986. The van der Waals surface area contributed by atoms with E-state index in [-0.39, 0.29) is 10.6 Å². The first-order valence-corrected chi connectivity index (χ1v) is 11.7. The molecule has 1 aliphatic heterocycles. The molecule has 192 valence electrons. The van der Waals surface area contributed by atoms with Crippen LogP contribution in [0.3, 0.4) is 0 Å². The Morgan fingerprint density at radius 1 is 0.857 bits per heavy atom. The highest BCUT2D eigenvalue weighted by atomic mass is 32.2. The van der Waals surface area contributed by atoms with Gasteiger partial charge in [-0.3, -0.25) is 4.90 Å². The molecule has 0 amide bonds. The second-order valence-corrected chi connectivity index (χ2v) is 9.25. The van der Waals surface area contributed by atoms with Gasteiger partial charge in [0.1, 0.15) is 5.75 Å². The highest BCUT2D eigenvalue weighted by molar-refractivity contribution is 7.89. The molecule has 3 N–H and O–H groups in total. The van der Waals surface area contributed by atoms with Crippen LogP contribution in [0.25, 0.3) is 0 Å². The summed E-state index contributed by atoms with van der Waals surface area (Å²) in [6, 6.07) is 9.95. The lowest BCUT2D eigenvalue weighted by Gasteiger charge is -2.34. The van der Waals surface area contributed by atoms with E-state index in [0.29, 0.717) is 50.0 Å². The number of carboxylic acids is 2. The number of phenols is 1. The maximum atomic E-state index is 12.9. The molecule has 0 bridgehead atoms. The summed E-state index contributed by atoms with van der Waals surface area (Å²) >= 11 is 0. The van der Waals surface area contributed by atoms with E-state index in [1.54, 1.807) is 43.5 Å². The van der Waals surface area contributed by atoms with Crippen molar-refractivity contribution < 1.29 is 47.5 Å². The van der Waals surface area contributed by atoms with Crippen LogP contribution in [0.1, 0.15) is 5.56 Å². The molecule has 1 heterocycles. The van der Waals surface area contributed by atoms with Crippen LogP contribution in [0, 0.1) is 0 Å². The molecule has 1 fully saturated rings. The zero-order chi connectivity index (χ0) is 26.2. The summed E-state index contributed by atoms with van der Waals surface area (Å²) in [5.74, 6) is -2.37. The number of ether oxygens (including phenoxy) is 3. The number of phenolic OH excluding ortho intramolecular Hbond substituents is 1. The predicted molar refractivity (Wildman–Crippen MR) is 124 cm³/mol. The van der Waals surface area contributed by atoms with Gasteiger partial charge in [0.2, 0.25) is 15.8 Å². The zero-order valence-electron chi connectivity index (χ0n) is 19.5. The minimum atomic E-state index is -3.53. The van der Waals surface area contributed by atoms with Gasteiger partial charge in [-0.05, 0) is 42.0 Å². The Hall–Kier alpha value is -3.55. The molecule has 0 aliphatic carbocycles. The van der Waals surface area contributed by atoms with Crippen molar-refractivity contribution in [1.29, 1.82) is 0 Å². The molecule has 0 radical (unpaired) electrons. The van der Waals surface area contributed by atoms with Gasteiger partial charge < -0.3 is 29.5 Å². The number of carboxylic acid groups (broad SMARTS) is 2. The van der Waals surface area contributed by atoms with Crippen LogP contribution in [0.15, 0.2) is 41.3 Å². The van der Waals surface area contributed by atoms with Gasteiger partial charge in [0, 0.05) is 32.7 Å². The summed E-state index contributed by atoms with van der Waals surface area (Å²) in [5, 5.41) is 24.8. The molecule has 0 unspecified atom stereocenters. The number of aromatic hydroxyl groups is 1. The number of aliphatic carboxylic acids is 2. The Balaban J connectivity index is 0.000000641. The largest absolute Gasteiger partial charge is 0.502 e. The topological polar surface area (TPSA) is 163 Å². The van der Waals surface area contributed by atoms with E-state index in [2.05, 4.69) is 4.90 Å². The zero-order valence-corrected chi connectivity index (χ0v) is 20.3. The first-order chi connectivity index (χ1) is 16.5. The number of methoxy groups -OCH3 is 3. The number of sulfonamides is 1. The molecule has 0 spiro atoms. The molecule has 3 rings (SSSR count). The number of nitrogens with zero attached hydrogens (tertiary/aromatic N) is 2. The third-order valence-corrected chi connectivity index (χ3v) is 7.07. The minimum Gasteiger partial charge on any atom is -0.502 e. The van der Waals surface area contributed by atoms with Crippen molar-refractivity contribution in [2.75, 3.05) is 47.5 Å². The van der Waals surface area contributed by atoms with Crippen molar-refractivity contribution in [2.45, 2.75) is 11.4 Å². The first kappa shape index (κ1) is 27.7. The molecule has 1 saturated heterocycles. The number of piperazine rings is 1. The van der Waals surface area contributed by atoms with Gasteiger partial charge in [-0.2, -0.15) is 4.31 Å². The smallest absolute Gasteiger partial charge is 0.414 e. The second-order valence-electron chi connectivity index (χ2n) is 7.32. The van der Waals surface area contributed by atoms with Crippen molar-refractivity contribution >= 4 is 22.0 Å². The highest BCUT2D eigenvalue weighted by Crippen LogP contribution is 2.37. The normalized spacial score (nSPS) is 14.4. The molecule has 13 heteroatoms. The van der Waals surface area contributed by atoms with Crippen LogP contribution in [0.2, 0.25) is 0 Å². The SMILES string of the molecule is COc1ccc(S(=O)(=O)N2CCN(Cc3cc(OC)c(O)c(OC)c3)CC2)cc1.O=C(O)C(=O)O. The molecule has 12 nitrogen and oxygen atoms in total. The van der Waals surface area contributed by atoms with Gasteiger partial charge in [-0.15, -0.1) is 0 Å². The average molecular weight is 513 g/mol. The van der Waals surface area contributed by atoms with Gasteiger partial charge in [-0.1, -0.05) is 0 Å². The van der Waals surface area contributed by atoms with Crippen molar-refractivity contribution in [3.05, 3.63) is 42.0 Å². The standard InChI is InChI=1S/C20H26N2O6S.C2H2O4/c1-26-16-4-6-17(7-5-16)29(24,25)22-10-8-21(9-11-22)14-15-12-18(27-2)20(23)19(13-15)28-3;3-1(4)2(5)6/h4-7,12-13,23H,8-11,14H2,1-3H3;(H,3,4)(H,5,6). The van der Waals surface area contributed by atoms with Crippen LogP contribution in [0.4, 0.5) is 0 Å². The van der Waals surface area contributed by atoms with E-state index in [9.17, 15) is 13.5 Å². The maximum absolute atomic E-state index is 12.9. The minimum absolute atomic E-state index is 0.0332. The fourth-order valence-corrected chi connectivity index (χ4v) is 4.74. The lowest BCUT2D eigenvalue weighted by atomic mass is 10.1. The molecule has 1 aliphatic rings. The summed E-state index contributed by atoms with van der Waals surface area (Å²) in [6.07, 6.45) is 0. The number of hydrogen-bond acceptors (Lipinski definition) is 9. The van der Waals surface area contributed by atoms with Gasteiger partial charge in [0.15, 0.2) is 11.5 Å². The Labute approximate surface area is 202 Å². The molecule has 0 saturated carbocycles. The Bertz CT molecular complexity index is 1090. The first-order valence-electron chi connectivity index (χ1n) is 10.3. The van der Waals surface area contributed by atoms with E-state index >= 15 is 0 Å². The maximum Gasteiger partial charge on any atom is 0.414 e. The summed E-state index contributed by atoms with van der Waals surface area (Å²) in [5.41, 5.74) is 0.919. The molecule has 0 atom stereocenters. The van der Waals surface area contributed by atoms with Crippen LogP contribution < -0.4 is 14.2 Å². The molecular weight excluding hydrogens is 484 g/mol. The Morgan fingerprint density at radius 2 is 1.34 bits per heavy atom. The van der Waals surface area contributed by atoms with E-state index in [1.165, 1.54) is 18.5 Å². The summed E-state index contributed by atoms with van der Waals surface area (Å²) in [4.78, 5) is 20.6. The van der Waals surface area contributed by atoms with E-state index in [1.807, 2.05) is 0 Å².